The molecule has 0 radical (unpaired) electrons. The Kier molecular flexibility index (Phi) is 4.79. The van der Waals surface area contributed by atoms with E-state index in [4.69, 9.17) is 10.2 Å². The monoisotopic (exact) mass is 274 g/mol. The van der Waals surface area contributed by atoms with Crippen LogP contribution in [0.1, 0.15) is 29.5 Å². The van der Waals surface area contributed by atoms with Crippen molar-refractivity contribution in [1.82, 2.24) is 5.32 Å². The van der Waals surface area contributed by atoms with E-state index in [2.05, 4.69) is 25.2 Å². The predicted octanol–water partition coefficient (Wildman–Crippen LogP) is 2.45. The summed E-state index contributed by atoms with van der Waals surface area (Å²) < 4.78 is 5.53. The van der Waals surface area contributed by atoms with Gasteiger partial charge in [0.05, 0.1) is 12.7 Å². The van der Waals surface area contributed by atoms with Crippen LogP contribution in [0.15, 0.2) is 22.8 Å². The van der Waals surface area contributed by atoms with Crippen molar-refractivity contribution in [3.05, 3.63) is 35.1 Å². The van der Waals surface area contributed by atoms with Crippen molar-refractivity contribution < 1.29 is 9.21 Å². The first-order valence-corrected chi connectivity index (χ1v) is 7.06. The molecule has 3 N–H and O–H groups in total. The fourth-order valence-electron chi connectivity index (χ4n) is 2.21. The summed E-state index contributed by atoms with van der Waals surface area (Å²) in [6.45, 7) is 5.48. The number of amides is 1. The van der Waals surface area contributed by atoms with Crippen molar-refractivity contribution in [3.8, 4) is 0 Å². The van der Waals surface area contributed by atoms with Crippen LogP contribution in [0.2, 0.25) is 0 Å². The molecule has 0 atom stereocenters. The average Bonchev–Trinajstić information content (AvgIpc) is 2.78. The van der Waals surface area contributed by atoms with E-state index in [1.54, 1.807) is 6.26 Å². The fraction of sp³-hybridized carbons (Fsp3) is 0.438. The zero-order chi connectivity index (χ0) is 14.5. The molecule has 2 aromatic rings. The summed E-state index contributed by atoms with van der Waals surface area (Å²) in [5, 5.41) is 3.94. The first kappa shape index (κ1) is 14.6. The molecule has 0 aliphatic carbocycles. The van der Waals surface area contributed by atoms with Gasteiger partial charge < -0.3 is 15.5 Å². The maximum Gasteiger partial charge on any atom is 0.224 e. The number of aryl methyl sites for hydroxylation is 2. The van der Waals surface area contributed by atoms with Crippen LogP contribution < -0.4 is 11.1 Å². The third kappa shape index (κ3) is 3.39. The molecule has 4 nitrogen and oxygen atoms in total. The van der Waals surface area contributed by atoms with Crippen LogP contribution in [0.3, 0.4) is 0 Å². The molecule has 0 bridgehead atoms. The molecular formula is C16H22N2O2. The van der Waals surface area contributed by atoms with Crippen LogP contribution in [-0.4, -0.2) is 19.0 Å². The van der Waals surface area contributed by atoms with Crippen LogP contribution in [-0.2, 0) is 11.2 Å². The zero-order valence-electron chi connectivity index (χ0n) is 12.2. The molecule has 0 fully saturated rings. The lowest BCUT2D eigenvalue weighted by Gasteiger charge is -2.04. The van der Waals surface area contributed by atoms with Gasteiger partial charge in [0, 0.05) is 17.5 Å². The minimum atomic E-state index is 0.0305. The van der Waals surface area contributed by atoms with Gasteiger partial charge in [0.15, 0.2) is 0 Å². The fourth-order valence-corrected chi connectivity index (χ4v) is 2.21. The van der Waals surface area contributed by atoms with Crippen molar-refractivity contribution in [1.29, 1.82) is 0 Å². The molecule has 0 saturated carbocycles. The molecule has 0 saturated heterocycles. The molecular weight excluding hydrogens is 252 g/mol. The summed E-state index contributed by atoms with van der Waals surface area (Å²) in [7, 11) is 0. The Hall–Kier alpha value is -1.81. The van der Waals surface area contributed by atoms with E-state index in [0.717, 1.165) is 29.4 Å². The molecule has 1 amide bonds. The van der Waals surface area contributed by atoms with Crippen molar-refractivity contribution in [2.75, 3.05) is 13.1 Å². The predicted molar refractivity (Wildman–Crippen MR) is 80.7 cm³/mol. The molecule has 1 aromatic heterocycles. The Morgan fingerprint density at radius 1 is 1.25 bits per heavy atom. The van der Waals surface area contributed by atoms with Gasteiger partial charge >= 0.3 is 0 Å². The minimum Gasteiger partial charge on any atom is -0.464 e. The number of nitrogens with one attached hydrogen (secondary N) is 1. The Bertz CT molecular complexity index is 602. The highest BCUT2D eigenvalue weighted by Crippen LogP contribution is 2.25. The summed E-state index contributed by atoms with van der Waals surface area (Å²) in [5.41, 5.74) is 9.62. The summed E-state index contributed by atoms with van der Waals surface area (Å²) in [6.07, 6.45) is 3.90. The van der Waals surface area contributed by atoms with Crippen molar-refractivity contribution in [2.24, 2.45) is 5.73 Å². The van der Waals surface area contributed by atoms with Crippen LogP contribution in [0.4, 0.5) is 0 Å². The van der Waals surface area contributed by atoms with Gasteiger partial charge in [0.2, 0.25) is 5.91 Å². The molecule has 0 unspecified atom stereocenters. The Labute approximate surface area is 119 Å². The summed E-state index contributed by atoms with van der Waals surface area (Å²) in [5.74, 6) is 0.0305. The highest BCUT2D eigenvalue weighted by Gasteiger charge is 2.11. The van der Waals surface area contributed by atoms with Gasteiger partial charge in [-0.25, -0.2) is 0 Å². The van der Waals surface area contributed by atoms with Gasteiger partial charge in [-0.1, -0.05) is 0 Å². The second-order valence-corrected chi connectivity index (χ2v) is 5.22. The quantitative estimate of drug-likeness (QED) is 0.795. The number of fused-ring (bicyclic) bond motifs is 1. The number of carbonyl (C=O) groups excluding carboxylic acids is 1. The Balaban J connectivity index is 2.02. The van der Waals surface area contributed by atoms with E-state index in [9.17, 15) is 4.79 Å². The van der Waals surface area contributed by atoms with E-state index in [1.807, 2.05) is 6.07 Å². The lowest BCUT2D eigenvalue weighted by molar-refractivity contribution is -0.120. The summed E-state index contributed by atoms with van der Waals surface area (Å²) >= 11 is 0. The van der Waals surface area contributed by atoms with Gasteiger partial charge in [-0.2, -0.15) is 0 Å². The third-order valence-electron chi connectivity index (χ3n) is 3.57. The lowest BCUT2D eigenvalue weighted by Crippen LogP contribution is -2.26. The molecule has 2 rings (SSSR count). The molecule has 0 aliphatic rings. The Morgan fingerprint density at radius 3 is 2.75 bits per heavy atom. The highest BCUT2D eigenvalue weighted by molar-refractivity contribution is 5.88. The van der Waals surface area contributed by atoms with E-state index in [0.29, 0.717) is 19.5 Å². The number of benzene rings is 1. The van der Waals surface area contributed by atoms with E-state index < -0.39 is 0 Å². The van der Waals surface area contributed by atoms with Crippen molar-refractivity contribution in [3.63, 3.8) is 0 Å². The van der Waals surface area contributed by atoms with Gasteiger partial charge in [-0.3, -0.25) is 4.79 Å². The van der Waals surface area contributed by atoms with Crippen LogP contribution in [0.5, 0.6) is 0 Å². The number of furan rings is 1. The second kappa shape index (κ2) is 6.57. The molecule has 1 aromatic carbocycles. The molecule has 0 aliphatic heterocycles. The standard InChI is InChI=1S/C16H22N2O2/c1-11-7-14-13(10-20-15(14)8-12(11)2)9-16(19)18-6-4-3-5-17/h7-8,10H,3-6,9,17H2,1-2H3,(H,18,19). The van der Waals surface area contributed by atoms with Crippen LogP contribution in [0, 0.1) is 13.8 Å². The van der Waals surface area contributed by atoms with E-state index in [-0.39, 0.29) is 5.91 Å². The zero-order valence-corrected chi connectivity index (χ0v) is 12.2. The van der Waals surface area contributed by atoms with Gasteiger partial charge in [-0.15, -0.1) is 0 Å². The number of nitrogens with two attached hydrogens (primary N) is 1. The van der Waals surface area contributed by atoms with Crippen molar-refractivity contribution in [2.45, 2.75) is 33.1 Å². The summed E-state index contributed by atoms with van der Waals surface area (Å²) in [6, 6.07) is 4.11. The number of hydrogen-bond acceptors (Lipinski definition) is 3. The average molecular weight is 274 g/mol. The highest BCUT2D eigenvalue weighted by atomic mass is 16.3. The first-order chi connectivity index (χ1) is 9.61. The third-order valence-corrected chi connectivity index (χ3v) is 3.57. The number of carbonyl (C=O) groups is 1. The minimum absolute atomic E-state index is 0.0305. The molecule has 4 heteroatoms. The van der Waals surface area contributed by atoms with Gasteiger partial charge in [-0.05, 0) is 56.5 Å². The summed E-state index contributed by atoms with van der Waals surface area (Å²) in [4.78, 5) is 11.9. The normalized spacial score (nSPS) is 10.9. The van der Waals surface area contributed by atoms with Crippen LogP contribution in [0.25, 0.3) is 11.0 Å². The largest absolute Gasteiger partial charge is 0.464 e. The van der Waals surface area contributed by atoms with Crippen LogP contribution >= 0.6 is 0 Å². The van der Waals surface area contributed by atoms with Gasteiger partial charge in [0.25, 0.3) is 0 Å². The second-order valence-electron chi connectivity index (χ2n) is 5.22. The smallest absolute Gasteiger partial charge is 0.224 e. The number of hydrogen-bond donors (Lipinski definition) is 2. The van der Waals surface area contributed by atoms with Crippen molar-refractivity contribution >= 4 is 16.9 Å². The molecule has 0 spiro atoms. The van der Waals surface area contributed by atoms with E-state index in [1.165, 1.54) is 11.1 Å². The van der Waals surface area contributed by atoms with E-state index >= 15 is 0 Å². The SMILES string of the molecule is Cc1cc2occ(CC(=O)NCCCCN)c2cc1C. The maximum absolute atomic E-state index is 11.9. The number of rotatable bonds is 6. The maximum atomic E-state index is 11.9. The molecule has 1 heterocycles. The number of unbranched alkanes of at least 4 members (excludes halogenated alkanes) is 1. The topological polar surface area (TPSA) is 68.3 Å². The Morgan fingerprint density at radius 2 is 2.00 bits per heavy atom. The molecule has 20 heavy (non-hydrogen) atoms. The first-order valence-electron chi connectivity index (χ1n) is 7.06. The molecule has 108 valence electrons. The lowest BCUT2D eigenvalue weighted by atomic mass is 10.0. The van der Waals surface area contributed by atoms with Gasteiger partial charge in [0.1, 0.15) is 5.58 Å².